The summed E-state index contributed by atoms with van der Waals surface area (Å²) in [5.74, 6) is -1.77. The van der Waals surface area contributed by atoms with Crippen LogP contribution >= 0.6 is 0 Å². The van der Waals surface area contributed by atoms with Gasteiger partial charge in [-0.1, -0.05) is 0 Å². The number of rotatable bonds is 6. The zero-order valence-corrected chi connectivity index (χ0v) is 16.2. The fourth-order valence-electron chi connectivity index (χ4n) is 2.50. The first kappa shape index (κ1) is 21.2. The van der Waals surface area contributed by atoms with E-state index in [1.54, 1.807) is 0 Å². The molecule has 0 radical (unpaired) electrons. The number of carboxylic acids is 1. The van der Waals surface area contributed by atoms with Gasteiger partial charge in [0.2, 0.25) is 0 Å². The van der Waals surface area contributed by atoms with E-state index in [0.717, 1.165) is 6.07 Å². The molecular formula is C21H17FN4O5. The van der Waals surface area contributed by atoms with Gasteiger partial charge >= 0.3 is 12.0 Å². The molecule has 31 heavy (non-hydrogen) atoms. The first-order chi connectivity index (χ1) is 14.9. The highest BCUT2D eigenvalue weighted by Crippen LogP contribution is 2.26. The number of ether oxygens (including phenoxy) is 1. The summed E-state index contributed by atoms with van der Waals surface area (Å²) in [6.07, 6.45) is 1.39. The van der Waals surface area contributed by atoms with Crippen LogP contribution in [-0.2, 0) is 0 Å². The van der Waals surface area contributed by atoms with E-state index in [1.165, 1.54) is 61.8 Å². The number of benzene rings is 2. The minimum absolute atomic E-state index is 0.0734. The minimum atomic E-state index is -1.09. The number of amides is 3. The number of nitrogens with one attached hydrogen (secondary N) is 3. The molecule has 0 bridgehead atoms. The van der Waals surface area contributed by atoms with Crippen LogP contribution in [0.4, 0.5) is 20.6 Å². The molecular weight excluding hydrogens is 407 g/mol. The van der Waals surface area contributed by atoms with Crippen molar-refractivity contribution in [3.05, 3.63) is 77.9 Å². The van der Waals surface area contributed by atoms with Gasteiger partial charge in [0.15, 0.2) is 0 Å². The molecule has 0 saturated carbocycles. The topological polar surface area (TPSA) is 130 Å². The van der Waals surface area contributed by atoms with Crippen LogP contribution in [0, 0.1) is 5.82 Å². The number of urea groups is 1. The van der Waals surface area contributed by atoms with Gasteiger partial charge < -0.3 is 25.8 Å². The van der Waals surface area contributed by atoms with Crippen LogP contribution in [0.15, 0.2) is 60.8 Å². The molecule has 4 N–H and O–H groups in total. The van der Waals surface area contributed by atoms with E-state index in [4.69, 9.17) is 9.84 Å². The molecule has 10 heteroatoms. The molecule has 0 aliphatic carbocycles. The van der Waals surface area contributed by atoms with Crippen molar-refractivity contribution >= 4 is 29.3 Å². The number of aromatic nitrogens is 1. The minimum Gasteiger partial charge on any atom is -0.478 e. The van der Waals surface area contributed by atoms with E-state index >= 15 is 0 Å². The molecule has 0 spiro atoms. The molecule has 0 aliphatic rings. The predicted octanol–water partition coefficient (Wildman–Crippen LogP) is 3.71. The van der Waals surface area contributed by atoms with Crippen LogP contribution in [0.25, 0.3) is 0 Å². The summed E-state index contributed by atoms with van der Waals surface area (Å²) in [5.41, 5.74) is 0.469. The maximum Gasteiger partial charge on any atom is 0.335 e. The Kier molecular flexibility index (Phi) is 6.41. The second-order valence-corrected chi connectivity index (χ2v) is 6.16. The second kappa shape index (κ2) is 9.35. The lowest BCUT2D eigenvalue weighted by atomic mass is 10.2. The lowest BCUT2D eigenvalue weighted by molar-refractivity contribution is 0.0696. The third kappa shape index (κ3) is 5.54. The van der Waals surface area contributed by atoms with Crippen LogP contribution in [0.5, 0.6) is 11.5 Å². The first-order valence-corrected chi connectivity index (χ1v) is 8.92. The van der Waals surface area contributed by atoms with Gasteiger partial charge in [0.1, 0.15) is 23.0 Å². The second-order valence-electron chi connectivity index (χ2n) is 6.16. The van der Waals surface area contributed by atoms with Crippen LogP contribution < -0.4 is 20.7 Å². The Morgan fingerprint density at radius 2 is 1.68 bits per heavy atom. The van der Waals surface area contributed by atoms with Crippen molar-refractivity contribution in [3.63, 3.8) is 0 Å². The van der Waals surface area contributed by atoms with E-state index in [0.29, 0.717) is 5.69 Å². The zero-order valence-electron chi connectivity index (χ0n) is 16.2. The van der Waals surface area contributed by atoms with E-state index in [1.807, 2.05) is 0 Å². The molecule has 3 amide bonds. The summed E-state index contributed by atoms with van der Waals surface area (Å²) in [6, 6.07) is 11.6. The smallest absolute Gasteiger partial charge is 0.335 e. The number of pyridine rings is 1. The van der Waals surface area contributed by atoms with Gasteiger partial charge in [-0.2, -0.15) is 0 Å². The van der Waals surface area contributed by atoms with Gasteiger partial charge in [-0.15, -0.1) is 0 Å². The van der Waals surface area contributed by atoms with Gasteiger partial charge in [0.25, 0.3) is 5.91 Å². The summed E-state index contributed by atoms with van der Waals surface area (Å²) in [6.45, 7) is 0. The number of hydrogen-bond acceptors (Lipinski definition) is 5. The Morgan fingerprint density at radius 3 is 2.32 bits per heavy atom. The van der Waals surface area contributed by atoms with Crippen molar-refractivity contribution in [2.24, 2.45) is 0 Å². The number of carbonyl (C=O) groups excluding carboxylic acids is 2. The third-order valence-electron chi connectivity index (χ3n) is 4.01. The number of carboxylic acid groups (broad SMARTS) is 1. The molecule has 1 heterocycles. The van der Waals surface area contributed by atoms with Crippen molar-refractivity contribution in [3.8, 4) is 11.5 Å². The summed E-state index contributed by atoms with van der Waals surface area (Å²) in [4.78, 5) is 38.5. The van der Waals surface area contributed by atoms with Crippen molar-refractivity contribution in [1.29, 1.82) is 0 Å². The number of nitrogens with zero attached hydrogens (tertiary/aromatic N) is 1. The van der Waals surface area contributed by atoms with Crippen molar-refractivity contribution in [2.75, 3.05) is 17.7 Å². The summed E-state index contributed by atoms with van der Waals surface area (Å²) in [5, 5.41) is 16.2. The van der Waals surface area contributed by atoms with Crippen LogP contribution in [0.3, 0.4) is 0 Å². The largest absolute Gasteiger partial charge is 0.478 e. The Hall–Kier alpha value is -4.47. The van der Waals surface area contributed by atoms with Crippen LogP contribution in [0.2, 0.25) is 0 Å². The van der Waals surface area contributed by atoms with Gasteiger partial charge in [-0.05, 0) is 42.5 Å². The molecule has 2 aromatic carbocycles. The van der Waals surface area contributed by atoms with Crippen molar-refractivity contribution in [1.82, 2.24) is 10.3 Å². The molecule has 0 saturated heterocycles. The highest BCUT2D eigenvalue weighted by Gasteiger charge is 2.11. The molecule has 0 unspecified atom stereocenters. The van der Waals surface area contributed by atoms with Crippen molar-refractivity contribution in [2.45, 2.75) is 0 Å². The maximum atomic E-state index is 14.4. The Balaban J connectivity index is 1.64. The fraction of sp³-hybridized carbons (Fsp3) is 0.0476. The first-order valence-electron chi connectivity index (χ1n) is 8.92. The van der Waals surface area contributed by atoms with E-state index in [-0.39, 0.29) is 34.4 Å². The molecule has 3 aromatic rings. The third-order valence-corrected chi connectivity index (χ3v) is 4.01. The summed E-state index contributed by atoms with van der Waals surface area (Å²) < 4.78 is 19.9. The number of anilines is 2. The van der Waals surface area contributed by atoms with Gasteiger partial charge in [0.05, 0.1) is 11.3 Å². The molecule has 1 aromatic heterocycles. The Bertz CT molecular complexity index is 1130. The number of carbonyl (C=O) groups is 3. The standard InChI is InChI=1S/C21H17FN4O5/c1-23-19(27)18-11-15(8-9-24-18)31-14-6-7-17(16(22)10-14)26-21(30)25-13-4-2-12(3-5-13)20(28)29/h2-11H,1H3,(H,23,27)(H,28,29)(H2,25,26,30). The normalized spacial score (nSPS) is 10.1. The summed E-state index contributed by atoms with van der Waals surface area (Å²) >= 11 is 0. The van der Waals surface area contributed by atoms with E-state index in [9.17, 15) is 18.8 Å². The highest BCUT2D eigenvalue weighted by atomic mass is 19.1. The van der Waals surface area contributed by atoms with Gasteiger partial charge in [-0.25, -0.2) is 14.0 Å². The predicted molar refractivity (Wildman–Crippen MR) is 110 cm³/mol. The molecule has 158 valence electrons. The Morgan fingerprint density at radius 1 is 0.968 bits per heavy atom. The maximum absolute atomic E-state index is 14.4. The van der Waals surface area contributed by atoms with Gasteiger partial charge in [0, 0.05) is 31.1 Å². The lowest BCUT2D eigenvalue weighted by Gasteiger charge is -2.11. The number of aromatic carboxylic acids is 1. The summed E-state index contributed by atoms with van der Waals surface area (Å²) in [7, 11) is 1.47. The van der Waals surface area contributed by atoms with Crippen LogP contribution in [-0.4, -0.2) is 35.0 Å². The van der Waals surface area contributed by atoms with Gasteiger partial charge in [-0.3, -0.25) is 9.78 Å². The van der Waals surface area contributed by atoms with Crippen molar-refractivity contribution < 1.29 is 28.6 Å². The monoisotopic (exact) mass is 424 g/mol. The quantitative estimate of drug-likeness (QED) is 0.477. The molecule has 0 aliphatic heterocycles. The highest BCUT2D eigenvalue weighted by molar-refractivity contribution is 6.00. The average molecular weight is 424 g/mol. The average Bonchev–Trinajstić information content (AvgIpc) is 2.75. The SMILES string of the molecule is CNC(=O)c1cc(Oc2ccc(NC(=O)Nc3ccc(C(=O)O)cc3)c(F)c2)ccn1. The number of hydrogen-bond donors (Lipinski definition) is 4. The molecule has 9 nitrogen and oxygen atoms in total. The van der Waals surface area contributed by atoms with E-state index < -0.39 is 17.8 Å². The molecule has 3 rings (SSSR count). The molecule has 0 atom stereocenters. The van der Waals surface area contributed by atoms with E-state index in [2.05, 4.69) is 20.9 Å². The zero-order chi connectivity index (χ0) is 22.4. The molecule has 0 fully saturated rings. The number of halogens is 1. The lowest BCUT2D eigenvalue weighted by Crippen LogP contribution is -2.20. The Labute approximate surface area is 175 Å². The van der Waals surface area contributed by atoms with Crippen LogP contribution in [0.1, 0.15) is 20.8 Å². The fourth-order valence-corrected chi connectivity index (χ4v) is 2.50.